The molecular weight excluding hydrogens is 359 g/mol. The Morgan fingerprint density at radius 3 is 2.28 bits per heavy atom. The summed E-state index contributed by atoms with van der Waals surface area (Å²) in [5.41, 5.74) is 0.182. The van der Waals surface area contributed by atoms with E-state index in [-0.39, 0.29) is 16.7 Å². The Hall–Kier alpha value is -1.90. The SMILES string of the molecule is Cc1cccc(Cl)c1C(=O)P(=O)(CC(=O)OC(C)C)c1ccccc1. The Balaban J connectivity index is 2.54. The van der Waals surface area contributed by atoms with E-state index >= 15 is 0 Å². The van der Waals surface area contributed by atoms with Crippen LogP contribution in [0.5, 0.6) is 0 Å². The molecule has 1 atom stereocenters. The van der Waals surface area contributed by atoms with Crippen LogP contribution in [-0.4, -0.2) is 23.8 Å². The summed E-state index contributed by atoms with van der Waals surface area (Å²) in [6.45, 7) is 5.12. The predicted molar refractivity (Wildman–Crippen MR) is 100 cm³/mol. The fourth-order valence-electron chi connectivity index (χ4n) is 2.51. The van der Waals surface area contributed by atoms with E-state index in [4.69, 9.17) is 16.3 Å². The molecule has 0 N–H and O–H groups in total. The zero-order chi connectivity index (χ0) is 18.6. The van der Waals surface area contributed by atoms with Gasteiger partial charge in [0.2, 0.25) is 5.52 Å². The fourth-order valence-corrected chi connectivity index (χ4v) is 5.20. The molecule has 0 bridgehead atoms. The fraction of sp³-hybridized carbons (Fsp3) is 0.263. The third kappa shape index (κ3) is 4.39. The van der Waals surface area contributed by atoms with E-state index in [2.05, 4.69) is 0 Å². The molecule has 0 heterocycles. The van der Waals surface area contributed by atoms with Gasteiger partial charge in [-0.15, -0.1) is 0 Å². The quantitative estimate of drug-likeness (QED) is 0.551. The third-order valence-electron chi connectivity index (χ3n) is 3.66. The molecule has 2 aromatic carbocycles. The number of aryl methyl sites for hydroxylation is 1. The van der Waals surface area contributed by atoms with Gasteiger partial charge in [-0.3, -0.25) is 9.59 Å². The molecule has 0 fully saturated rings. The maximum Gasteiger partial charge on any atom is 0.314 e. The van der Waals surface area contributed by atoms with Crippen molar-refractivity contribution in [2.24, 2.45) is 0 Å². The lowest BCUT2D eigenvalue weighted by Gasteiger charge is -2.19. The molecule has 0 saturated heterocycles. The Bertz CT molecular complexity index is 810. The number of benzene rings is 2. The number of ether oxygens (including phenoxy) is 1. The molecule has 0 spiro atoms. The van der Waals surface area contributed by atoms with Crippen molar-refractivity contribution in [3.8, 4) is 0 Å². The zero-order valence-corrected chi connectivity index (χ0v) is 16.0. The van der Waals surface area contributed by atoms with E-state index in [0.717, 1.165) is 0 Å². The lowest BCUT2D eigenvalue weighted by atomic mass is 10.1. The lowest BCUT2D eigenvalue weighted by molar-refractivity contribution is -0.144. The van der Waals surface area contributed by atoms with Crippen molar-refractivity contribution in [2.75, 3.05) is 6.16 Å². The molecule has 0 amide bonds. The molecule has 0 aromatic heterocycles. The molecule has 2 rings (SSSR count). The summed E-state index contributed by atoms with van der Waals surface area (Å²) in [7, 11) is -3.75. The monoisotopic (exact) mass is 378 g/mol. The van der Waals surface area contributed by atoms with Crippen molar-refractivity contribution in [1.82, 2.24) is 0 Å². The van der Waals surface area contributed by atoms with Crippen molar-refractivity contribution < 1.29 is 18.9 Å². The number of carbonyl (C=O) groups excluding carboxylic acids is 2. The number of halogens is 1. The van der Waals surface area contributed by atoms with E-state index in [0.29, 0.717) is 10.9 Å². The minimum Gasteiger partial charge on any atom is -0.463 e. The molecule has 4 nitrogen and oxygen atoms in total. The van der Waals surface area contributed by atoms with Crippen LogP contribution in [0, 0.1) is 6.92 Å². The molecule has 0 saturated carbocycles. The van der Waals surface area contributed by atoms with Crippen molar-refractivity contribution >= 4 is 35.5 Å². The van der Waals surface area contributed by atoms with Crippen molar-refractivity contribution in [3.05, 3.63) is 64.7 Å². The summed E-state index contributed by atoms with van der Waals surface area (Å²) in [5, 5.41) is 0.540. The second-order valence-electron chi connectivity index (χ2n) is 6.01. The highest BCUT2D eigenvalue weighted by Crippen LogP contribution is 2.49. The minimum atomic E-state index is -3.75. The number of hydrogen-bond donors (Lipinski definition) is 0. The van der Waals surface area contributed by atoms with Gasteiger partial charge in [0.15, 0.2) is 7.14 Å². The van der Waals surface area contributed by atoms with E-state index in [1.54, 1.807) is 69.3 Å². The van der Waals surface area contributed by atoms with Gasteiger partial charge >= 0.3 is 5.97 Å². The topological polar surface area (TPSA) is 60.4 Å². The van der Waals surface area contributed by atoms with E-state index < -0.39 is 24.8 Å². The summed E-state index contributed by atoms with van der Waals surface area (Å²) in [5.74, 6) is -0.666. The first-order valence-corrected chi connectivity index (χ1v) is 10.2. The van der Waals surface area contributed by atoms with Gasteiger partial charge < -0.3 is 9.30 Å². The predicted octanol–water partition coefficient (Wildman–Crippen LogP) is 4.43. The van der Waals surface area contributed by atoms with Gasteiger partial charge in [0.05, 0.1) is 11.1 Å². The normalized spacial score (nSPS) is 13.3. The van der Waals surface area contributed by atoms with Crippen molar-refractivity contribution in [2.45, 2.75) is 26.9 Å². The smallest absolute Gasteiger partial charge is 0.314 e. The summed E-state index contributed by atoms with van der Waals surface area (Å²) in [6, 6.07) is 13.3. The Morgan fingerprint density at radius 1 is 1.08 bits per heavy atom. The van der Waals surface area contributed by atoms with Crippen LogP contribution in [0.3, 0.4) is 0 Å². The highest BCUT2D eigenvalue weighted by molar-refractivity contribution is 7.88. The molecule has 2 aromatic rings. The third-order valence-corrected chi connectivity index (χ3v) is 6.69. The van der Waals surface area contributed by atoms with Gasteiger partial charge in [0.25, 0.3) is 0 Å². The number of carbonyl (C=O) groups is 2. The van der Waals surface area contributed by atoms with Crippen molar-refractivity contribution in [1.29, 1.82) is 0 Å². The summed E-state index contributed by atoms with van der Waals surface area (Å²) >= 11 is 6.18. The average Bonchev–Trinajstić information content (AvgIpc) is 2.54. The first-order chi connectivity index (χ1) is 11.8. The van der Waals surface area contributed by atoms with E-state index in [9.17, 15) is 14.2 Å². The van der Waals surface area contributed by atoms with Crippen LogP contribution in [0.15, 0.2) is 48.5 Å². The molecule has 0 aliphatic carbocycles. The maximum atomic E-state index is 13.7. The lowest BCUT2D eigenvalue weighted by Crippen LogP contribution is -2.24. The Morgan fingerprint density at radius 2 is 1.72 bits per heavy atom. The molecular formula is C19H20ClO4P. The van der Waals surface area contributed by atoms with E-state index in [1.807, 2.05) is 0 Å². The van der Waals surface area contributed by atoms with Crippen molar-refractivity contribution in [3.63, 3.8) is 0 Å². The maximum absolute atomic E-state index is 13.7. The van der Waals surface area contributed by atoms with Crippen LogP contribution < -0.4 is 5.30 Å². The van der Waals surface area contributed by atoms with Gasteiger partial charge in [-0.05, 0) is 32.4 Å². The molecule has 6 heteroatoms. The number of hydrogen-bond acceptors (Lipinski definition) is 4. The summed E-state index contributed by atoms with van der Waals surface area (Å²) in [4.78, 5) is 25.3. The molecule has 0 radical (unpaired) electrons. The number of rotatable bonds is 6. The standard InChI is InChI=1S/C19H20ClO4P/c1-13(2)24-17(21)12-25(23,15-9-5-4-6-10-15)19(22)18-14(3)8-7-11-16(18)20/h4-11,13H,12H2,1-3H3. The highest BCUT2D eigenvalue weighted by atomic mass is 35.5. The number of esters is 1. The van der Waals surface area contributed by atoms with Gasteiger partial charge in [-0.2, -0.15) is 0 Å². The van der Waals surface area contributed by atoms with Crippen LogP contribution >= 0.6 is 18.7 Å². The molecule has 25 heavy (non-hydrogen) atoms. The molecule has 132 valence electrons. The van der Waals surface area contributed by atoms with Crippen LogP contribution in [0.25, 0.3) is 0 Å². The van der Waals surface area contributed by atoms with E-state index in [1.165, 1.54) is 0 Å². The van der Waals surface area contributed by atoms with Gasteiger partial charge in [0.1, 0.15) is 6.16 Å². The first kappa shape index (κ1) is 19.4. The molecule has 1 unspecified atom stereocenters. The average molecular weight is 379 g/mol. The van der Waals surface area contributed by atoms with Gasteiger partial charge in [-0.1, -0.05) is 54.1 Å². The molecule has 0 aliphatic rings. The summed E-state index contributed by atoms with van der Waals surface area (Å²) < 4.78 is 18.8. The van der Waals surface area contributed by atoms with Gasteiger partial charge in [0, 0.05) is 10.9 Å². The largest absolute Gasteiger partial charge is 0.463 e. The van der Waals surface area contributed by atoms with Crippen LogP contribution in [0.1, 0.15) is 29.8 Å². The minimum absolute atomic E-state index is 0.189. The second-order valence-corrected chi connectivity index (χ2v) is 9.13. The van der Waals surface area contributed by atoms with Crippen LogP contribution in [-0.2, 0) is 14.1 Å². The first-order valence-electron chi connectivity index (χ1n) is 7.90. The highest BCUT2D eigenvalue weighted by Gasteiger charge is 2.39. The van der Waals surface area contributed by atoms with Gasteiger partial charge in [-0.25, -0.2) is 0 Å². The summed E-state index contributed by atoms with van der Waals surface area (Å²) in [6.07, 6.45) is -0.840. The molecule has 0 aliphatic heterocycles. The Labute approximate surface area is 152 Å². The Kier molecular flexibility index (Phi) is 6.21. The zero-order valence-electron chi connectivity index (χ0n) is 14.4. The van der Waals surface area contributed by atoms with Crippen LogP contribution in [0.2, 0.25) is 5.02 Å². The second kappa shape index (κ2) is 7.99. The van der Waals surface area contributed by atoms with Crippen LogP contribution in [0.4, 0.5) is 0 Å².